The van der Waals surface area contributed by atoms with Gasteiger partial charge in [0.15, 0.2) is 0 Å². The maximum absolute atomic E-state index is 11.9. The monoisotopic (exact) mass is 356 g/mol. The van der Waals surface area contributed by atoms with E-state index >= 15 is 0 Å². The third kappa shape index (κ3) is 3.98. The van der Waals surface area contributed by atoms with Crippen LogP contribution in [0.15, 0.2) is 24.4 Å². The Hall–Kier alpha value is -1.72. The standard InChI is InChI=1S/C16H18Cl2N2O3/c1-16(2,3)20-13(11(8-19-20)15(21)22-4)9-23-14-6-5-10(17)7-12(14)18/h5-8H,9H2,1-4H3. The SMILES string of the molecule is COC(=O)c1cnn(C(C)(C)C)c1COc1ccc(Cl)cc1Cl. The Morgan fingerprint density at radius 1 is 1.30 bits per heavy atom. The maximum atomic E-state index is 11.9. The molecule has 0 radical (unpaired) electrons. The molecule has 7 heteroatoms. The van der Waals surface area contributed by atoms with E-state index in [1.807, 2.05) is 20.8 Å². The van der Waals surface area contributed by atoms with Crippen molar-refractivity contribution in [2.45, 2.75) is 32.9 Å². The molecule has 0 spiro atoms. The highest BCUT2D eigenvalue weighted by Crippen LogP contribution is 2.29. The molecular weight excluding hydrogens is 339 g/mol. The van der Waals surface area contributed by atoms with E-state index in [0.29, 0.717) is 27.1 Å². The number of esters is 1. The molecule has 0 aliphatic heterocycles. The van der Waals surface area contributed by atoms with Crippen LogP contribution in [-0.2, 0) is 16.9 Å². The van der Waals surface area contributed by atoms with Crippen molar-refractivity contribution in [1.29, 1.82) is 0 Å². The van der Waals surface area contributed by atoms with E-state index < -0.39 is 5.97 Å². The predicted octanol–water partition coefficient (Wildman–Crippen LogP) is 4.31. The predicted molar refractivity (Wildman–Crippen MR) is 89.4 cm³/mol. The Bertz CT molecular complexity index is 721. The number of methoxy groups -OCH3 is 1. The van der Waals surface area contributed by atoms with Crippen LogP contribution in [0.1, 0.15) is 36.8 Å². The Labute approximate surface area is 145 Å². The van der Waals surface area contributed by atoms with E-state index in [-0.39, 0.29) is 12.1 Å². The molecule has 0 amide bonds. The van der Waals surface area contributed by atoms with E-state index in [2.05, 4.69) is 5.10 Å². The molecule has 23 heavy (non-hydrogen) atoms. The van der Waals surface area contributed by atoms with Crippen LogP contribution in [0.4, 0.5) is 0 Å². The van der Waals surface area contributed by atoms with Gasteiger partial charge in [0, 0.05) is 5.02 Å². The molecule has 0 N–H and O–H groups in total. The summed E-state index contributed by atoms with van der Waals surface area (Å²) in [4.78, 5) is 11.9. The summed E-state index contributed by atoms with van der Waals surface area (Å²) in [5.74, 6) is 0.0230. The second-order valence-electron chi connectivity index (χ2n) is 5.94. The van der Waals surface area contributed by atoms with Crippen LogP contribution in [-0.4, -0.2) is 22.9 Å². The fraction of sp³-hybridized carbons (Fsp3) is 0.375. The third-order valence-corrected chi connectivity index (χ3v) is 3.70. The van der Waals surface area contributed by atoms with Crippen molar-refractivity contribution in [3.05, 3.63) is 45.7 Å². The third-order valence-electron chi connectivity index (χ3n) is 3.17. The molecular formula is C16H18Cl2N2O3. The zero-order valence-corrected chi connectivity index (χ0v) is 14.9. The first-order valence-electron chi connectivity index (χ1n) is 6.97. The number of carbonyl (C=O) groups excluding carboxylic acids is 1. The minimum Gasteiger partial charge on any atom is -0.486 e. The molecule has 0 saturated heterocycles. The zero-order chi connectivity index (χ0) is 17.2. The van der Waals surface area contributed by atoms with E-state index in [0.717, 1.165) is 0 Å². The van der Waals surface area contributed by atoms with E-state index in [1.54, 1.807) is 22.9 Å². The molecule has 0 atom stereocenters. The molecule has 0 saturated carbocycles. The van der Waals surface area contributed by atoms with Crippen LogP contribution in [0.3, 0.4) is 0 Å². The maximum Gasteiger partial charge on any atom is 0.341 e. The second-order valence-corrected chi connectivity index (χ2v) is 6.79. The Kier molecular flexibility index (Phi) is 5.22. The minimum atomic E-state index is -0.457. The van der Waals surface area contributed by atoms with Crippen LogP contribution in [0.2, 0.25) is 10.0 Å². The second kappa shape index (κ2) is 6.81. The first-order valence-corrected chi connectivity index (χ1v) is 7.73. The molecule has 1 heterocycles. The molecule has 0 aliphatic rings. The molecule has 2 rings (SSSR count). The van der Waals surface area contributed by atoms with Crippen molar-refractivity contribution < 1.29 is 14.3 Å². The number of carbonyl (C=O) groups is 1. The summed E-state index contributed by atoms with van der Waals surface area (Å²) in [6.45, 7) is 6.09. The summed E-state index contributed by atoms with van der Waals surface area (Å²) in [5.41, 5.74) is 0.678. The Morgan fingerprint density at radius 2 is 2.00 bits per heavy atom. The summed E-state index contributed by atoms with van der Waals surface area (Å²) >= 11 is 12.0. The van der Waals surface area contributed by atoms with Gasteiger partial charge in [0.25, 0.3) is 0 Å². The van der Waals surface area contributed by atoms with Crippen molar-refractivity contribution in [1.82, 2.24) is 9.78 Å². The fourth-order valence-electron chi connectivity index (χ4n) is 2.11. The molecule has 0 bridgehead atoms. The summed E-state index contributed by atoms with van der Waals surface area (Å²) < 4.78 is 12.3. The lowest BCUT2D eigenvalue weighted by Gasteiger charge is -2.23. The smallest absolute Gasteiger partial charge is 0.341 e. The molecule has 1 aromatic carbocycles. The highest BCUT2D eigenvalue weighted by molar-refractivity contribution is 6.35. The lowest BCUT2D eigenvalue weighted by molar-refractivity contribution is 0.0597. The van der Waals surface area contributed by atoms with Crippen LogP contribution in [0.25, 0.3) is 0 Å². The van der Waals surface area contributed by atoms with E-state index in [9.17, 15) is 4.79 Å². The van der Waals surface area contributed by atoms with Crippen molar-refractivity contribution in [2.75, 3.05) is 7.11 Å². The van der Waals surface area contributed by atoms with Gasteiger partial charge < -0.3 is 9.47 Å². The number of aromatic nitrogens is 2. The molecule has 124 valence electrons. The van der Waals surface area contributed by atoms with Gasteiger partial charge in [-0.15, -0.1) is 0 Å². The van der Waals surface area contributed by atoms with Gasteiger partial charge in [-0.2, -0.15) is 5.10 Å². The minimum absolute atomic E-state index is 0.128. The van der Waals surface area contributed by atoms with Crippen molar-refractivity contribution >= 4 is 29.2 Å². The number of rotatable bonds is 4. The normalized spacial score (nSPS) is 11.4. The van der Waals surface area contributed by atoms with E-state index in [1.165, 1.54) is 13.3 Å². The molecule has 0 fully saturated rings. The highest BCUT2D eigenvalue weighted by Gasteiger charge is 2.25. The van der Waals surface area contributed by atoms with Crippen molar-refractivity contribution in [3.63, 3.8) is 0 Å². The molecule has 2 aromatic rings. The number of hydrogen-bond acceptors (Lipinski definition) is 4. The van der Waals surface area contributed by atoms with Crippen molar-refractivity contribution in [3.8, 4) is 5.75 Å². The molecule has 5 nitrogen and oxygen atoms in total. The summed E-state index contributed by atoms with van der Waals surface area (Å²) in [6, 6.07) is 4.96. The van der Waals surface area contributed by atoms with Crippen LogP contribution in [0, 0.1) is 0 Å². The van der Waals surface area contributed by atoms with Crippen LogP contribution in [0.5, 0.6) is 5.75 Å². The van der Waals surface area contributed by atoms with Gasteiger partial charge in [-0.1, -0.05) is 23.2 Å². The van der Waals surface area contributed by atoms with Gasteiger partial charge in [0.05, 0.1) is 29.6 Å². The first-order chi connectivity index (χ1) is 10.7. The topological polar surface area (TPSA) is 53.3 Å². The van der Waals surface area contributed by atoms with Crippen molar-refractivity contribution in [2.24, 2.45) is 0 Å². The van der Waals surface area contributed by atoms with Crippen LogP contribution >= 0.6 is 23.2 Å². The number of hydrogen-bond donors (Lipinski definition) is 0. The number of ether oxygens (including phenoxy) is 2. The highest BCUT2D eigenvalue weighted by atomic mass is 35.5. The average molecular weight is 357 g/mol. The number of benzene rings is 1. The molecule has 0 unspecified atom stereocenters. The fourth-order valence-corrected chi connectivity index (χ4v) is 2.57. The summed E-state index contributed by atoms with van der Waals surface area (Å²) in [5, 5.41) is 5.21. The van der Waals surface area contributed by atoms with E-state index in [4.69, 9.17) is 32.7 Å². The Morgan fingerprint density at radius 3 is 2.57 bits per heavy atom. The number of halogens is 2. The van der Waals surface area contributed by atoms with Gasteiger partial charge >= 0.3 is 5.97 Å². The van der Waals surface area contributed by atoms with Gasteiger partial charge in [0.1, 0.15) is 17.9 Å². The lowest BCUT2D eigenvalue weighted by Crippen LogP contribution is -2.26. The quantitative estimate of drug-likeness (QED) is 0.765. The summed E-state index contributed by atoms with van der Waals surface area (Å²) in [6.07, 6.45) is 1.49. The number of nitrogens with zero attached hydrogens (tertiary/aromatic N) is 2. The zero-order valence-electron chi connectivity index (χ0n) is 13.4. The first kappa shape index (κ1) is 17.6. The van der Waals surface area contributed by atoms with Gasteiger partial charge in [-0.05, 0) is 39.0 Å². The lowest BCUT2D eigenvalue weighted by atomic mass is 10.1. The summed E-state index contributed by atoms with van der Waals surface area (Å²) in [7, 11) is 1.33. The van der Waals surface area contributed by atoms with Crippen LogP contribution < -0.4 is 4.74 Å². The largest absolute Gasteiger partial charge is 0.486 e. The molecule has 0 aliphatic carbocycles. The molecule has 1 aromatic heterocycles. The van der Waals surface area contributed by atoms with Gasteiger partial charge in [-0.3, -0.25) is 4.68 Å². The van der Waals surface area contributed by atoms with Gasteiger partial charge in [-0.25, -0.2) is 4.79 Å². The Balaban J connectivity index is 2.33. The average Bonchev–Trinajstić information content (AvgIpc) is 2.89. The van der Waals surface area contributed by atoms with Gasteiger partial charge in [0.2, 0.25) is 0 Å².